The molecule has 0 amide bonds. The summed E-state index contributed by atoms with van der Waals surface area (Å²) < 4.78 is 1.44. The first-order chi connectivity index (χ1) is 8.41. The van der Waals surface area contributed by atoms with Crippen molar-refractivity contribution in [1.29, 1.82) is 0 Å². The second kappa shape index (κ2) is 4.27. The van der Waals surface area contributed by atoms with Gasteiger partial charge in [0.05, 0.1) is 5.39 Å². The van der Waals surface area contributed by atoms with E-state index in [4.69, 9.17) is 16.7 Å². The summed E-state index contributed by atoms with van der Waals surface area (Å²) in [7, 11) is 0. The highest BCUT2D eigenvalue weighted by atomic mass is 35.5. The minimum absolute atomic E-state index is 0.197. The van der Waals surface area contributed by atoms with Crippen molar-refractivity contribution in [2.24, 2.45) is 0 Å². The average molecular weight is 265 g/mol. The first-order valence-electron chi connectivity index (χ1n) is 5.03. The lowest BCUT2D eigenvalue weighted by Crippen LogP contribution is -2.18. The lowest BCUT2D eigenvalue weighted by molar-refractivity contribution is 0.0695. The standard InChI is InChI=1S/C12H9ClN2O3/c1-6(2)15-5-8(12(17)18)10(16)7-3-4-9(13)14-11(7)15/h3-5H,1H2,2H3,(H,17,18). The summed E-state index contributed by atoms with van der Waals surface area (Å²) in [5.74, 6) is -1.29. The summed E-state index contributed by atoms with van der Waals surface area (Å²) in [6.07, 6.45) is 1.21. The fourth-order valence-electron chi connectivity index (χ4n) is 1.62. The van der Waals surface area contributed by atoms with Gasteiger partial charge in [0.2, 0.25) is 5.43 Å². The van der Waals surface area contributed by atoms with Crippen LogP contribution < -0.4 is 5.43 Å². The van der Waals surface area contributed by atoms with Gasteiger partial charge in [0.1, 0.15) is 16.4 Å². The van der Waals surface area contributed by atoms with Crippen LogP contribution in [0.25, 0.3) is 16.7 Å². The van der Waals surface area contributed by atoms with Crippen LogP contribution in [0.5, 0.6) is 0 Å². The summed E-state index contributed by atoms with van der Waals surface area (Å²) in [5, 5.41) is 9.42. The van der Waals surface area contributed by atoms with Gasteiger partial charge in [0.15, 0.2) is 0 Å². The smallest absolute Gasteiger partial charge is 0.341 e. The van der Waals surface area contributed by atoms with E-state index < -0.39 is 11.4 Å². The van der Waals surface area contributed by atoms with Gasteiger partial charge < -0.3 is 9.67 Å². The van der Waals surface area contributed by atoms with Crippen LogP contribution in [0.2, 0.25) is 5.15 Å². The molecule has 2 rings (SSSR count). The molecule has 92 valence electrons. The molecule has 0 aliphatic carbocycles. The quantitative estimate of drug-likeness (QED) is 0.845. The number of carboxylic acids is 1. The third-order valence-electron chi connectivity index (χ3n) is 2.46. The van der Waals surface area contributed by atoms with E-state index >= 15 is 0 Å². The molecule has 2 heterocycles. The Bertz CT molecular complexity index is 734. The topological polar surface area (TPSA) is 72.2 Å². The Morgan fingerprint density at radius 1 is 1.50 bits per heavy atom. The molecule has 0 bridgehead atoms. The van der Waals surface area contributed by atoms with Gasteiger partial charge in [0.25, 0.3) is 0 Å². The fraction of sp³-hybridized carbons (Fsp3) is 0.0833. The lowest BCUT2D eigenvalue weighted by Gasteiger charge is -2.10. The van der Waals surface area contributed by atoms with Gasteiger partial charge in [0, 0.05) is 11.9 Å². The molecule has 0 aliphatic heterocycles. The molecule has 6 heteroatoms. The fourth-order valence-corrected chi connectivity index (χ4v) is 1.77. The molecule has 2 aromatic heterocycles. The SMILES string of the molecule is C=C(C)n1cc(C(=O)O)c(=O)c2ccc(Cl)nc21. The van der Waals surface area contributed by atoms with Gasteiger partial charge in [-0.25, -0.2) is 9.78 Å². The summed E-state index contributed by atoms with van der Waals surface area (Å²) in [6.45, 7) is 5.40. The predicted octanol–water partition coefficient (Wildman–Crippen LogP) is 2.24. The first kappa shape index (κ1) is 12.3. The number of aromatic carboxylic acids is 1. The Hall–Kier alpha value is -2.14. The van der Waals surface area contributed by atoms with Crippen LogP contribution in [0.4, 0.5) is 0 Å². The van der Waals surface area contributed by atoms with Crippen molar-refractivity contribution in [1.82, 2.24) is 9.55 Å². The zero-order valence-corrected chi connectivity index (χ0v) is 10.2. The van der Waals surface area contributed by atoms with E-state index in [1.807, 2.05) is 0 Å². The van der Waals surface area contributed by atoms with Gasteiger partial charge >= 0.3 is 5.97 Å². The zero-order valence-electron chi connectivity index (χ0n) is 9.48. The summed E-state index contributed by atoms with van der Waals surface area (Å²) in [6, 6.07) is 2.90. The molecular formula is C12H9ClN2O3. The number of hydrogen-bond donors (Lipinski definition) is 1. The molecule has 0 aliphatic rings. The third-order valence-corrected chi connectivity index (χ3v) is 2.67. The van der Waals surface area contributed by atoms with Crippen LogP contribution in [0.15, 0.2) is 29.7 Å². The van der Waals surface area contributed by atoms with Crippen LogP contribution in [0, 0.1) is 0 Å². The minimum Gasteiger partial charge on any atom is -0.477 e. The molecule has 2 aromatic rings. The molecule has 0 radical (unpaired) electrons. The van der Waals surface area contributed by atoms with E-state index in [-0.39, 0.29) is 16.1 Å². The second-order valence-corrected chi connectivity index (χ2v) is 4.17. The van der Waals surface area contributed by atoms with Gasteiger partial charge in [-0.15, -0.1) is 0 Å². The number of rotatable bonds is 2. The monoisotopic (exact) mass is 264 g/mol. The summed E-state index contributed by atoms with van der Waals surface area (Å²) in [4.78, 5) is 27.0. The van der Waals surface area contributed by atoms with E-state index in [2.05, 4.69) is 11.6 Å². The highest BCUT2D eigenvalue weighted by molar-refractivity contribution is 6.29. The molecule has 0 unspecified atom stereocenters. The van der Waals surface area contributed by atoms with Crippen molar-refractivity contribution in [3.63, 3.8) is 0 Å². The van der Waals surface area contributed by atoms with Crippen LogP contribution in [0.3, 0.4) is 0 Å². The van der Waals surface area contributed by atoms with Crippen molar-refractivity contribution < 1.29 is 9.90 Å². The van der Waals surface area contributed by atoms with Gasteiger partial charge in [-0.2, -0.15) is 0 Å². The number of allylic oxidation sites excluding steroid dienone is 1. The number of hydrogen-bond acceptors (Lipinski definition) is 3. The van der Waals surface area contributed by atoms with E-state index in [1.165, 1.54) is 22.9 Å². The number of nitrogens with zero attached hydrogens (tertiary/aromatic N) is 2. The maximum absolute atomic E-state index is 11.9. The van der Waals surface area contributed by atoms with Crippen LogP contribution >= 0.6 is 11.6 Å². The highest BCUT2D eigenvalue weighted by Crippen LogP contribution is 2.16. The van der Waals surface area contributed by atoms with E-state index in [0.717, 1.165) is 0 Å². The Morgan fingerprint density at radius 2 is 2.17 bits per heavy atom. The maximum atomic E-state index is 11.9. The molecule has 1 N–H and O–H groups in total. The number of fused-ring (bicyclic) bond motifs is 1. The van der Waals surface area contributed by atoms with Crippen LogP contribution in [-0.2, 0) is 0 Å². The second-order valence-electron chi connectivity index (χ2n) is 3.79. The maximum Gasteiger partial charge on any atom is 0.341 e. The Morgan fingerprint density at radius 3 is 2.72 bits per heavy atom. The molecule has 0 fully saturated rings. The Labute approximate surface area is 107 Å². The number of carbonyl (C=O) groups is 1. The highest BCUT2D eigenvalue weighted by Gasteiger charge is 2.15. The molecular weight excluding hydrogens is 256 g/mol. The summed E-state index contributed by atoms with van der Waals surface area (Å²) in [5.41, 5.74) is -0.0731. The summed E-state index contributed by atoms with van der Waals surface area (Å²) >= 11 is 5.78. The largest absolute Gasteiger partial charge is 0.477 e. The van der Waals surface area contributed by atoms with Crippen molar-refractivity contribution in [2.75, 3.05) is 0 Å². The van der Waals surface area contributed by atoms with E-state index in [1.54, 1.807) is 6.92 Å². The first-order valence-corrected chi connectivity index (χ1v) is 5.40. The lowest BCUT2D eigenvalue weighted by atomic mass is 10.2. The van der Waals surface area contributed by atoms with Crippen LogP contribution in [-0.4, -0.2) is 20.6 Å². The molecule has 0 aromatic carbocycles. The predicted molar refractivity (Wildman–Crippen MR) is 69.0 cm³/mol. The number of carboxylic acid groups (broad SMARTS) is 1. The van der Waals surface area contributed by atoms with Gasteiger partial charge in [-0.05, 0) is 19.1 Å². The minimum atomic E-state index is -1.29. The number of pyridine rings is 2. The van der Waals surface area contributed by atoms with Crippen molar-refractivity contribution in [2.45, 2.75) is 6.92 Å². The van der Waals surface area contributed by atoms with Crippen molar-refractivity contribution in [3.8, 4) is 0 Å². The molecule has 18 heavy (non-hydrogen) atoms. The van der Waals surface area contributed by atoms with Gasteiger partial charge in [-0.3, -0.25) is 4.79 Å². The van der Waals surface area contributed by atoms with Gasteiger partial charge in [-0.1, -0.05) is 18.2 Å². The van der Waals surface area contributed by atoms with Crippen molar-refractivity contribution in [3.05, 3.63) is 45.8 Å². The number of halogens is 1. The molecule has 0 atom stereocenters. The molecule has 0 spiro atoms. The van der Waals surface area contributed by atoms with Crippen LogP contribution in [0.1, 0.15) is 17.3 Å². The molecule has 0 saturated carbocycles. The zero-order chi connectivity index (χ0) is 13.4. The van der Waals surface area contributed by atoms with E-state index in [0.29, 0.717) is 11.3 Å². The number of aromatic nitrogens is 2. The van der Waals surface area contributed by atoms with E-state index in [9.17, 15) is 9.59 Å². The molecule has 5 nitrogen and oxygen atoms in total. The Kier molecular flexibility index (Phi) is 2.92. The Balaban J connectivity index is 3.01. The molecule has 0 saturated heterocycles. The van der Waals surface area contributed by atoms with Crippen molar-refractivity contribution >= 4 is 34.3 Å². The normalized spacial score (nSPS) is 10.6. The third kappa shape index (κ3) is 1.89. The average Bonchev–Trinajstić information content (AvgIpc) is 2.28.